The van der Waals surface area contributed by atoms with Crippen molar-refractivity contribution in [2.24, 2.45) is 0 Å². The first-order chi connectivity index (χ1) is 6.91. The number of allylic oxidation sites excluding steroid dienone is 3. The average molecular weight is 190 g/mol. The molecular weight excluding hydrogens is 168 g/mol. The highest BCUT2D eigenvalue weighted by Crippen LogP contribution is 2.05. The van der Waals surface area contributed by atoms with Crippen molar-refractivity contribution in [2.75, 3.05) is 0 Å². The Kier molecular flexibility index (Phi) is 11.2. The lowest BCUT2D eigenvalue weighted by molar-refractivity contribution is 0.614. The lowest BCUT2D eigenvalue weighted by atomic mass is 10.1. The molecule has 0 nitrogen and oxygen atoms in total. The van der Waals surface area contributed by atoms with Crippen molar-refractivity contribution in [1.29, 1.82) is 0 Å². The minimum atomic E-state index is 1.04. The van der Waals surface area contributed by atoms with Crippen LogP contribution in [0.5, 0.6) is 0 Å². The van der Waals surface area contributed by atoms with Crippen LogP contribution in [0.2, 0.25) is 0 Å². The molecule has 0 aliphatic carbocycles. The fourth-order valence-corrected chi connectivity index (χ4v) is 1.24. The van der Waals surface area contributed by atoms with Gasteiger partial charge in [-0.25, -0.2) is 0 Å². The minimum Gasteiger partial charge on any atom is -0.0990 e. The fraction of sp³-hybridized carbons (Fsp3) is 0.571. The molecule has 0 N–H and O–H groups in total. The molecule has 14 heavy (non-hydrogen) atoms. The van der Waals surface area contributed by atoms with Crippen LogP contribution in [0.3, 0.4) is 0 Å². The summed E-state index contributed by atoms with van der Waals surface area (Å²) in [7, 11) is 0. The fourth-order valence-electron chi connectivity index (χ4n) is 1.24. The number of hydrogen-bond donors (Lipinski definition) is 0. The summed E-state index contributed by atoms with van der Waals surface area (Å²) in [5.41, 5.74) is 0. The maximum atomic E-state index is 3.58. The Balaban J connectivity index is 3.15. The SMILES string of the molecule is C=C/C=C\C#CCCCCCCCC. The van der Waals surface area contributed by atoms with E-state index in [0.29, 0.717) is 0 Å². The Bertz CT molecular complexity index is 200. The smallest absolute Gasteiger partial charge is 0.00922 e. The summed E-state index contributed by atoms with van der Waals surface area (Å²) in [6, 6.07) is 0. The molecule has 0 rings (SSSR count). The summed E-state index contributed by atoms with van der Waals surface area (Å²) in [6.45, 7) is 5.83. The van der Waals surface area contributed by atoms with Crippen molar-refractivity contribution in [3.63, 3.8) is 0 Å². The molecule has 0 saturated carbocycles. The van der Waals surface area contributed by atoms with Crippen LogP contribution in [0.4, 0.5) is 0 Å². The second-order valence-electron chi connectivity index (χ2n) is 3.43. The largest absolute Gasteiger partial charge is 0.0990 e. The normalized spacial score (nSPS) is 9.79. The molecule has 0 bridgehead atoms. The summed E-state index contributed by atoms with van der Waals surface area (Å²) in [5, 5.41) is 0. The van der Waals surface area contributed by atoms with E-state index in [4.69, 9.17) is 0 Å². The first-order valence-electron chi connectivity index (χ1n) is 5.67. The van der Waals surface area contributed by atoms with Gasteiger partial charge in [-0.1, -0.05) is 69.6 Å². The second-order valence-corrected chi connectivity index (χ2v) is 3.43. The van der Waals surface area contributed by atoms with Crippen LogP contribution in [0.25, 0.3) is 0 Å². The van der Waals surface area contributed by atoms with E-state index < -0.39 is 0 Å². The van der Waals surface area contributed by atoms with E-state index in [1.807, 2.05) is 12.2 Å². The van der Waals surface area contributed by atoms with Crippen LogP contribution in [-0.2, 0) is 0 Å². The highest BCUT2D eigenvalue weighted by atomic mass is 13.9. The maximum absolute atomic E-state index is 3.58. The van der Waals surface area contributed by atoms with Crippen LogP contribution in [0.1, 0.15) is 51.9 Å². The monoisotopic (exact) mass is 190 g/mol. The highest BCUT2D eigenvalue weighted by molar-refractivity contribution is 5.18. The molecule has 0 fully saturated rings. The number of hydrogen-bond acceptors (Lipinski definition) is 0. The molecule has 0 aromatic heterocycles. The molecule has 0 amide bonds. The Morgan fingerprint density at radius 2 is 1.79 bits per heavy atom. The van der Waals surface area contributed by atoms with Gasteiger partial charge in [-0.3, -0.25) is 0 Å². The first-order valence-corrected chi connectivity index (χ1v) is 5.67. The molecule has 0 unspecified atom stereocenters. The van der Waals surface area contributed by atoms with Crippen LogP contribution in [-0.4, -0.2) is 0 Å². The van der Waals surface area contributed by atoms with E-state index >= 15 is 0 Å². The molecular formula is C14H22. The van der Waals surface area contributed by atoms with Gasteiger partial charge in [0.1, 0.15) is 0 Å². The van der Waals surface area contributed by atoms with Crippen LogP contribution < -0.4 is 0 Å². The summed E-state index contributed by atoms with van der Waals surface area (Å²) in [6.07, 6.45) is 14.6. The standard InChI is InChI=1S/C14H22/c1-3-5-7-9-11-13-14-12-10-8-6-4-2/h3,5,7H,1,4,6,8,10,12-14H2,2H3/b7-5-. The second kappa shape index (κ2) is 12.0. The van der Waals surface area contributed by atoms with Gasteiger partial charge >= 0.3 is 0 Å². The predicted molar refractivity (Wildman–Crippen MR) is 65.1 cm³/mol. The highest BCUT2D eigenvalue weighted by Gasteiger charge is 1.87. The third kappa shape index (κ3) is 11.0. The molecule has 0 saturated heterocycles. The zero-order chi connectivity index (χ0) is 10.5. The Morgan fingerprint density at radius 1 is 1.07 bits per heavy atom. The third-order valence-electron chi connectivity index (χ3n) is 2.07. The van der Waals surface area contributed by atoms with Gasteiger partial charge in [-0.05, 0) is 12.5 Å². The van der Waals surface area contributed by atoms with E-state index in [2.05, 4.69) is 25.3 Å². The number of rotatable bonds is 7. The molecule has 0 heterocycles. The van der Waals surface area contributed by atoms with Crippen molar-refractivity contribution in [2.45, 2.75) is 51.9 Å². The van der Waals surface area contributed by atoms with Crippen LogP contribution >= 0.6 is 0 Å². The van der Waals surface area contributed by atoms with Gasteiger partial charge in [0.15, 0.2) is 0 Å². The summed E-state index contributed by atoms with van der Waals surface area (Å²) >= 11 is 0. The molecule has 0 atom stereocenters. The summed E-state index contributed by atoms with van der Waals surface area (Å²) in [5.74, 6) is 6.11. The van der Waals surface area contributed by atoms with E-state index in [1.165, 1.54) is 38.5 Å². The summed E-state index contributed by atoms with van der Waals surface area (Å²) in [4.78, 5) is 0. The number of unbranched alkanes of at least 4 members (excludes halogenated alkanes) is 6. The maximum Gasteiger partial charge on any atom is 0.00922 e. The van der Waals surface area contributed by atoms with Gasteiger partial charge in [-0.15, -0.1) is 0 Å². The van der Waals surface area contributed by atoms with Crippen molar-refractivity contribution in [3.05, 3.63) is 24.8 Å². The quantitative estimate of drug-likeness (QED) is 0.315. The van der Waals surface area contributed by atoms with E-state index in [9.17, 15) is 0 Å². The zero-order valence-corrected chi connectivity index (χ0v) is 9.39. The molecule has 78 valence electrons. The van der Waals surface area contributed by atoms with Crippen molar-refractivity contribution in [1.82, 2.24) is 0 Å². The molecule has 0 radical (unpaired) electrons. The van der Waals surface area contributed by atoms with Crippen LogP contribution in [0, 0.1) is 11.8 Å². The molecule has 0 aromatic rings. The summed E-state index contributed by atoms with van der Waals surface area (Å²) < 4.78 is 0. The average Bonchev–Trinajstić information content (AvgIpc) is 2.21. The van der Waals surface area contributed by atoms with Crippen LogP contribution in [0.15, 0.2) is 24.8 Å². The van der Waals surface area contributed by atoms with E-state index in [-0.39, 0.29) is 0 Å². The predicted octanol–water partition coefficient (Wildman–Crippen LogP) is 4.48. The zero-order valence-electron chi connectivity index (χ0n) is 9.39. The lowest BCUT2D eigenvalue weighted by Crippen LogP contribution is -1.77. The van der Waals surface area contributed by atoms with Gasteiger partial charge in [0, 0.05) is 6.42 Å². The van der Waals surface area contributed by atoms with Gasteiger partial charge in [0.25, 0.3) is 0 Å². The van der Waals surface area contributed by atoms with Crippen molar-refractivity contribution >= 4 is 0 Å². The van der Waals surface area contributed by atoms with Gasteiger partial charge in [0.05, 0.1) is 0 Å². The lowest BCUT2D eigenvalue weighted by Gasteiger charge is -1.96. The molecule has 0 spiro atoms. The van der Waals surface area contributed by atoms with Crippen molar-refractivity contribution < 1.29 is 0 Å². The Labute approximate surface area is 89.1 Å². The van der Waals surface area contributed by atoms with Gasteiger partial charge in [0.2, 0.25) is 0 Å². The molecule has 0 heteroatoms. The topological polar surface area (TPSA) is 0 Å². The van der Waals surface area contributed by atoms with E-state index in [1.54, 1.807) is 6.08 Å². The third-order valence-corrected chi connectivity index (χ3v) is 2.07. The van der Waals surface area contributed by atoms with E-state index in [0.717, 1.165) is 6.42 Å². The Hall–Kier alpha value is -0.960. The first kappa shape index (κ1) is 13.0. The van der Waals surface area contributed by atoms with Gasteiger partial charge in [-0.2, -0.15) is 0 Å². The van der Waals surface area contributed by atoms with Gasteiger partial charge < -0.3 is 0 Å². The Morgan fingerprint density at radius 3 is 2.50 bits per heavy atom. The molecule has 0 aliphatic heterocycles. The molecule has 0 aromatic carbocycles. The molecule has 0 aliphatic rings. The minimum absolute atomic E-state index is 1.04. The van der Waals surface area contributed by atoms with Crippen molar-refractivity contribution in [3.8, 4) is 11.8 Å².